The summed E-state index contributed by atoms with van der Waals surface area (Å²) in [5.41, 5.74) is 7.51. The quantitative estimate of drug-likeness (QED) is 0.796. The maximum absolute atomic E-state index is 8.61. The normalized spacial score (nSPS) is 12.2. The van der Waals surface area contributed by atoms with Gasteiger partial charge in [-0.2, -0.15) is 5.26 Å². The average molecular weight is 225 g/mol. The lowest BCUT2D eigenvalue weighted by Crippen LogP contribution is -2.08. The molecule has 0 aliphatic carbocycles. The number of nitriles is 1. The number of hydrogen-bond acceptors (Lipinski definition) is 2. The first-order valence-electron chi connectivity index (χ1n) is 3.56. The molecule has 0 radical (unpaired) electrons. The van der Waals surface area contributed by atoms with Crippen LogP contribution >= 0.6 is 15.9 Å². The molecule has 0 spiro atoms. The number of rotatable bonds is 1. The average Bonchev–Trinajstić information content (AvgIpc) is 2.08. The van der Waals surface area contributed by atoms with E-state index in [9.17, 15) is 0 Å². The van der Waals surface area contributed by atoms with Gasteiger partial charge in [0.05, 0.1) is 6.07 Å². The van der Waals surface area contributed by atoms with Gasteiger partial charge in [0.1, 0.15) is 6.04 Å². The van der Waals surface area contributed by atoms with E-state index in [4.69, 9.17) is 11.0 Å². The number of aryl methyl sites for hydroxylation is 1. The van der Waals surface area contributed by atoms with Crippen LogP contribution in [0.25, 0.3) is 0 Å². The van der Waals surface area contributed by atoms with Crippen LogP contribution in [0.1, 0.15) is 17.2 Å². The third-order valence-electron chi connectivity index (χ3n) is 1.72. The van der Waals surface area contributed by atoms with Gasteiger partial charge in [0.25, 0.3) is 0 Å². The lowest BCUT2D eigenvalue weighted by molar-refractivity contribution is 0.913. The van der Waals surface area contributed by atoms with E-state index in [1.54, 1.807) is 0 Å². The number of nitrogens with zero attached hydrogens (tertiary/aromatic N) is 1. The first kappa shape index (κ1) is 9.24. The van der Waals surface area contributed by atoms with Crippen molar-refractivity contribution >= 4 is 15.9 Å². The van der Waals surface area contributed by atoms with Gasteiger partial charge in [-0.25, -0.2) is 0 Å². The molecule has 0 aromatic heterocycles. The fourth-order valence-corrected chi connectivity index (χ4v) is 1.39. The summed E-state index contributed by atoms with van der Waals surface area (Å²) in [6.07, 6.45) is 0. The van der Waals surface area contributed by atoms with E-state index in [-0.39, 0.29) is 0 Å². The molecule has 3 heteroatoms. The molecule has 0 fully saturated rings. The molecular weight excluding hydrogens is 216 g/mol. The van der Waals surface area contributed by atoms with E-state index in [2.05, 4.69) is 15.9 Å². The molecule has 1 atom stereocenters. The minimum Gasteiger partial charge on any atom is -0.312 e. The number of nitrogens with two attached hydrogens (primary N) is 1. The highest BCUT2D eigenvalue weighted by molar-refractivity contribution is 9.10. The molecule has 1 aromatic rings. The molecule has 0 unspecified atom stereocenters. The molecule has 0 aliphatic heterocycles. The van der Waals surface area contributed by atoms with Crippen molar-refractivity contribution in [1.29, 1.82) is 5.26 Å². The van der Waals surface area contributed by atoms with Crippen LogP contribution in [0.2, 0.25) is 0 Å². The van der Waals surface area contributed by atoms with Crippen LogP contribution in [0.3, 0.4) is 0 Å². The summed E-state index contributed by atoms with van der Waals surface area (Å²) in [5, 5.41) is 8.61. The van der Waals surface area contributed by atoms with Gasteiger partial charge < -0.3 is 5.73 Å². The molecule has 0 heterocycles. The fraction of sp³-hybridized carbons (Fsp3) is 0.222. The minimum atomic E-state index is -0.525. The highest BCUT2D eigenvalue weighted by Gasteiger charge is 2.07. The third-order valence-corrected chi connectivity index (χ3v) is 2.21. The Morgan fingerprint density at radius 3 is 2.83 bits per heavy atom. The maximum atomic E-state index is 8.61. The highest BCUT2D eigenvalue weighted by Crippen LogP contribution is 2.20. The van der Waals surface area contributed by atoms with Crippen molar-refractivity contribution in [3.05, 3.63) is 33.8 Å². The standard InChI is InChI=1S/C9H9BrN2/c1-6-2-3-7(10)4-8(6)9(12)5-11/h2-4,9H,12H2,1H3/t9-/m0/s1. The van der Waals surface area contributed by atoms with Gasteiger partial charge in [0.15, 0.2) is 0 Å². The topological polar surface area (TPSA) is 49.8 Å². The van der Waals surface area contributed by atoms with E-state index < -0.39 is 6.04 Å². The van der Waals surface area contributed by atoms with Crippen LogP contribution in [0.15, 0.2) is 22.7 Å². The SMILES string of the molecule is Cc1ccc(Br)cc1[C@@H](N)C#N. The summed E-state index contributed by atoms with van der Waals surface area (Å²) in [4.78, 5) is 0. The monoisotopic (exact) mass is 224 g/mol. The summed E-state index contributed by atoms with van der Waals surface area (Å²) in [5.74, 6) is 0. The van der Waals surface area contributed by atoms with Gasteiger partial charge >= 0.3 is 0 Å². The lowest BCUT2D eigenvalue weighted by atomic mass is 10.0. The molecule has 2 N–H and O–H groups in total. The van der Waals surface area contributed by atoms with Crippen molar-refractivity contribution < 1.29 is 0 Å². The molecular formula is C9H9BrN2. The largest absolute Gasteiger partial charge is 0.312 e. The Hall–Kier alpha value is -0.850. The van der Waals surface area contributed by atoms with E-state index >= 15 is 0 Å². The predicted molar refractivity (Wildman–Crippen MR) is 51.4 cm³/mol. The van der Waals surface area contributed by atoms with Gasteiger partial charge in [0, 0.05) is 4.47 Å². The molecule has 1 aromatic carbocycles. The Morgan fingerprint density at radius 2 is 2.25 bits per heavy atom. The van der Waals surface area contributed by atoms with Gasteiger partial charge in [-0.3, -0.25) is 0 Å². The number of hydrogen-bond donors (Lipinski definition) is 1. The molecule has 62 valence electrons. The minimum absolute atomic E-state index is 0.525. The van der Waals surface area contributed by atoms with Crippen molar-refractivity contribution in [3.8, 4) is 6.07 Å². The van der Waals surface area contributed by atoms with E-state index in [0.717, 1.165) is 15.6 Å². The summed E-state index contributed by atoms with van der Waals surface area (Å²) in [7, 11) is 0. The first-order valence-corrected chi connectivity index (χ1v) is 4.35. The van der Waals surface area contributed by atoms with Crippen molar-refractivity contribution in [1.82, 2.24) is 0 Å². The Morgan fingerprint density at radius 1 is 1.58 bits per heavy atom. The Balaban J connectivity index is 3.15. The van der Waals surface area contributed by atoms with Crippen LogP contribution in [0.4, 0.5) is 0 Å². The molecule has 12 heavy (non-hydrogen) atoms. The van der Waals surface area contributed by atoms with Crippen molar-refractivity contribution in [2.45, 2.75) is 13.0 Å². The number of benzene rings is 1. The summed E-state index contributed by atoms with van der Waals surface area (Å²) >= 11 is 3.33. The second-order valence-corrected chi connectivity index (χ2v) is 3.52. The molecule has 0 saturated heterocycles. The molecule has 2 nitrogen and oxygen atoms in total. The Kier molecular flexibility index (Phi) is 2.85. The zero-order valence-corrected chi connectivity index (χ0v) is 8.30. The number of halogens is 1. The molecule has 0 aliphatic rings. The molecule has 0 amide bonds. The molecule has 0 saturated carbocycles. The molecule has 1 rings (SSSR count). The van der Waals surface area contributed by atoms with Gasteiger partial charge in [-0.15, -0.1) is 0 Å². The van der Waals surface area contributed by atoms with Gasteiger partial charge in [0.2, 0.25) is 0 Å². The second kappa shape index (κ2) is 3.70. The van der Waals surface area contributed by atoms with Gasteiger partial charge in [-0.05, 0) is 30.2 Å². The summed E-state index contributed by atoms with van der Waals surface area (Å²) in [6.45, 7) is 1.94. The van der Waals surface area contributed by atoms with Crippen molar-refractivity contribution in [2.75, 3.05) is 0 Å². The lowest BCUT2D eigenvalue weighted by Gasteiger charge is -2.07. The van der Waals surface area contributed by atoms with Crippen LogP contribution in [-0.4, -0.2) is 0 Å². The van der Waals surface area contributed by atoms with E-state index in [1.807, 2.05) is 31.2 Å². The maximum Gasteiger partial charge on any atom is 0.119 e. The first-order chi connectivity index (χ1) is 5.65. The van der Waals surface area contributed by atoms with Crippen molar-refractivity contribution in [3.63, 3.8) is 0 Å². The van der Waals surface area contributed by atoms with E-state index in [0.29, 0.717) is 0 Å². The zero-order valence-electron chi connectivity index (χ0n) is 6.71. The zero-order chi connectivity index (χ0) is 9.14. The predicted octanol–water partition coefficient (Wildman–Crippen LogP) is 2.28. The summed E-state index contributed by atoms with van der Waals surface area (Å²) in [6, 6.07) is 7.23. The van der Waals surface area contributed by atoms with Crippen molar-refractivity contribution in [2.24, 2.45) is 5.73 Å². The Labute approximate surface area is 80.1 Å². The highest BCUT2D eigenvalue weighted by atomic mass is 79.9. The van der Waals surface area contributed by atoms with Crippen LogP contribution in [0, 0.1) is 18.3 Å². The fourth-order valence-electron chi connectivity index (χ4n) is 1.02. The molecule has 0 bridgehead atoms. The van der Waals surface area contributed by atoms with Crippen LogP contribution < -0.4 is 5.73 Å². The summed E-state index contributed by atoms with van der Waals surface area (Å²) < 4.78 is 0.953. The van der Waals surface area contributed by atoms with Crippen LogP contribution in [0.5, 0.6) is 0 Å². The van der Waals surface area contributed by atoms with Gasteiger partial charge in [-0.1, -0.05) is 22.0 Å². The Bertz CT molecular complexity index is 328. The third kappa shape index (κ3) is 1.84. The smallest absolute Gasteiger partial charge is 0.119 e. The van der Waals surface area contributed by atoms with E-state index in [1.165, 1.54) is 0 Å². The van der Waals surface area contributed by atoms with Crippen LogP contribution in [-0.2, 0) is 0 Å². The second-order valence-electron chi connectivity index (χ2n) is 2.61.